The van der Waals surface area contributed by atoms with Gasteiger partial charge < -0.3 is 30.3 Å². The summed E-state index contributed by atoms with van der Waals surface area (Å²) in [5, 5.41) is 21.9. The molecule has 1 aliphatic heterocycles. The van der Waals surface area contributed by atoms with Crippen molar-refractivity contribution in [3.63, 3.8) is 0 Å². The summed E-state index contributed by atoms with van der Waals surface area (Å²) in [6.45, 7) is 1.20. The second-order valence-corrected chi connectivity index (χ2v) is 5.09. The molecular formula is C16H20N2O8. The average molecular weight is 368 g/mol. The summed E-state index contributed by atoms with van der Waals surface area (Å²) < 4.78 is 9.26. The molecule has 1 aromatic carbocycles. The Morgan fingerprint density at radius 3 is 2.38 bits per heavy atom. The van der Waals surface area contributed by atoms with Crippen molar-refractivity contribution in [1.82, 2.24) is 10.6 Å². The Kier molecular flexibility index (Phi) is 9.01. The number of benzene rings is 1. The number of amides is 2. The van der Waals surface area contributed by atoms with E-state index in [1.54, 1.807) is 24.3 Å². The lowest BCUT2D eigenvalue weighted by Crippen LogP contribution is -2.41. The molecule has 2 amide bonds. The highest BCUT2D eigenvalue weighted by atomic mass is 16.6. The minimum atomic E-state index is -1.30. The molecule has 26 heavy (non-hydrogen) atoms. The van der Waals surface area contributed by atoms with Crippen LogP contribution in [0.5, 0.6) is 0 Å². The highest BCUT2D eigenvalue weighted by Gasteiger charge is 2.21. The third-order valence-electron chi connectivity index (χ3n) is 3.05. The lowest BCUT2D eigenvalue weighted by molar-refractivity contribution is -0.140. The molecule has 10 heteroatoms. The number of carboxylic acid groups (broad SMARTS) is 2. The number of carbonyl (C=O) groups excluding carboxylic acids is 2. The van der Waals surface area contributed by atoms with E-state index in [4.69, 9.17) is 14.9 Å². The van der Waals surface area contributed by atoms with Crippen LogP contribution in [0.1, 0.15) is 18.4 Å². The number of hydrogen-bond acceptors (Lipinski definition) is 6. The number of cyclic esters (lactones) is 1. The first-order valence-electron chi connectivity index (χ1n) is 7.71. The molecule has 4 N–H and O–H groups in total. The fourth-order valence-corrected chi connectivity index (χ4v) is 1.78. The van der Waals surface area contributed by atoms with Crippen molar-refractivity contribution in [2.24, 2.45) is 0 Å². The van der Waals surface area contributed by atoms with Crippen molar-refractivity contribution in [3.05, 3.63) is 35.9 Å². The lowest BCUT2D eigenvalue weighted by atomic mass is 10.1. The number of rotatable bonds is 7. The van der Waals surface area contributed by atoms with Crippen LogP contribution in [0, 0.1) is 0 Å². The summed E-state index contributed by atoms with van der Waals surface area (Å²) in [7, 11) is 0. The fourth-order valence-electron chi connectivity index (χ4n) is 1.78. The number of ether oxygens (including phenoxy) is 2. The van der Waals surface area contributed by atoms with E-state index in [1.807, 2.05) is 6.07 Å². The van der Waals surface area contributed by atoms with Gasteiger partial charge >= 0.3 is 24.1 Å². The highest BCUT2D eigenvalue weighted by molar-refractivity contribution is 5.80. The van der Waals surface area contributed by atoms with Gasteiger partial charge in [-0.25, -0.2) is 14.4 Å². The number of alkyl carbamates (subject to hydrolysis) is 2. The Bertz CT molecular complexity index is 612. The number of carbonyl (C=O) groups is 4. The minimum absolute atomic E-state index is 0.0118. The van der Waals surface area contributed by atoms with Gasteiger partial charge in [0.2, 0.25) is 0 Å². The molecule has 0 radical (unpaired) electrons. The van der Waals surface area contributed by atoms with Gasteiger partial charge in [0.05, 0.1) is 6.54 Å². The second-order valence-electron chi connectivity index (χ2n) is 5.09. The van der Waals surface area contributed by atoms with Crippen LogP contribution in [-0.4, -0.2) is 53.5 Å². The molecule has 142 valence electrons. The van der Waals surface area contributed by atoms with E-state index >= 15 is 0 Å². The molecular weight excluding hydrogens is 348 g/mol. The van der Waals surface area contributed by atoms with Gasteiger partial charge in [-0.3, -0.25) is 4.79 Å². The van der Waals surface area contributed by atoms with E-state index < -0.39 is 24.1 Å². The topological polar surface area (TPSA) is 151 Å². The normalized spacial score (nSPS) is 13.3. The van der Waals surface area contributed by atoms with E-state index in [2.05, 4.69) is 15.4 Å². The van der Waals surface area contributed by atoms with Crippen molar-refractivity contribution < 1.29 is 38.9 Å². The Morgan fingerprint density at radius 1 is 1.23 bits per heavy atom. The van der Waals surface area contributed by atoms with Crippen molar-refractivity contribution in [3.8, 4) is 0 Å². The molecule has 0 unspecified atom stereocenters. The van der Waals surface area contributed by atoms with Crippen LogP contribution in [0.2, 0.25) is 0 Å². The molecule has 1 aliphatic rings. The van der Waals surface area contributed by atoms with Crippen molar-refractivity contribution in [1.29, 1.82) is 0 Å². The summed E-state index contributed by atoms with van der Waals surface area (Å²) in [4.78, 5) is 42.6. The second kappa shape index (κ2) is 11.3. The van der Waals surface area contributed by atoms with Crippen LogP contribution < -0.4 is 10.6 Å². The molecule has 0 aromatic heterocycles. The molecule has 0 bridgehead atoms. The van der Waals surface area contributed by atoms with Gasteiger partial charge in [0.1, 0.15) is 19.3 Å². The molecule has 1 heterocycles. The fraction of sp³-hybridized carbons (Fsp3) is 0.375. The van der Waals surface area contributed by atoms with E-state index in [1.165, 1.54) is 0 Å². The smallest absolute Gasteiger partial charge is 0.408 e. The zero-order valence-corrected chi connectivity index (χ0v) is 13.8. The first-order chi connectivity index (χ1) is 12.4. The molecule has 1 fully saturated rings. The van der Waals surface area contributed by atoms with Gasteiger partial charge in [-0.05, 0) is 12.0 Å². The lowest BCUT2D eigenvalue weighted by Gasteiger charge is -2.13. The summed E-state index contributed by atoms with van der Waals surface area (Å²) in [6.07, 6.45) is -1.75. The zero-order chi connectivity index (χ0) is 19.4. The Morgan fingerprint density at radius 2 is 1.92 bits per heavy atom. The Labute approximate surface area is 149 Å². The van der Waals surface area contributed by atoms with Gasteiger partial charge in [0, 0.05) is 6.42 Å². The molecule has 0 saturated carbocycles. The van der Waals surface area contributed by atoms with Gasteiger partial charge in [-0.15, -0.1) is 0 Å². The molecule has 0 spiro atoms. The van der Waals surface area contributed by atoms with Gasteiger partial charge in [0.25, 0.3) is 0 Å². The standard InChI is InChI=1S/C13H15NO6.C3H5NO2/c15-11(16)7-6-10(12(17)18)14-13(19)20-8-9-4-2-1-3-5-9;5-3-4-1-2-6-3/h1-5,10H,6-8H2,(H,14,19)(H,15,16)(H,17,18);1-2H2,(H,4,5)/t10-;/m0./s1. The van der Waals surface area contributed by atoms with E-state index in [0.29, 0.717) is 13.2 Å². The van der Waals surface area contributed by atoms with Crippen molar-refractivity contribution in [2.75, 3.05) is 13.2 Å². The predicted molar refractivity (Wildman–Crippen MR) is 87.4 cm³/mol. The molecule has 1 atom stereocenters. The maximum atomic E-state index is 11.4. The molecule has 1 saturated heterocycles. The average Bonchev–Trinajstić information content (AvgIpc) is 3.09. The van der Waals surface area contributed by atoms with Crippen LogP contribution >= 0.6 is 0 Å². The molecule has 2 rings (SSSR count). The van der Waals surface area contributed by atoms with Crippen LogP contribution in [0.4, 0.5) is 9.59 Å². The number of nitrogens with one attached hydrogen (secondary N) is 2. The van der Waals surface area contributed by atoms with E-state index in [-0.39, 0.29) is 25.5 Å². The van der Waals surface area contributed by atoms with E-state index in [9.17, 15) is 19.2 Å². The van der Waals surface area contributed by atoms with Crippen LogP contribution in [0.25, 0.3) is 0 Å². The van der Waals surface area contributed by atoms with Gasteiger partial charge in [0.15, 0.2) is 0 Å². The first kappa shape index (κ1) is 20.7. The summed E-state index contributed by atoms with van der Waals surface area (Å²) in [6, 6.07) is 7.61. The monoisotopic (exact) mass is 368 g/mol. The quantitative estimate of drug-likeness (QED) is 0.555. The van der Waals surface area contributed by atoms with Crippen LogP contribution in [-0.2, 0) is 25.7 Å². The minimum Gasteiger partial charge on any atom is -0.481 e. The molecule has 0 aliphatic carbocycles. The first-order valence-corrected chi connectivity index (χ1v) is 7.71. The third kappa shape index (κ3) is 9.11. The van der Waals surface area contributed by atoms with Gasteiger partial charge in [-0.2, -0.15) is 0 Å². The SMILES string of the molecule is O=C(O)CC[C@H](NC(=O)OCc1ccccc1)C(=O)O.O=C1NCCO1. The number of hydrogen-bond donors (Lipinski definition) is 4. The van der Waals surface area contributed by atoms with Crippen molar-refractivity contribution in [2.45, 2.75) is 25.5 Å². The third-order valence-corrected chi connectivity index (χ3v) is 3.05. The van der Waals surface area contributed by atoms with Crippen LogP contribution in [0.15, 0.2) is 30.3 Å². The van der Waals surface area contributed by atoms with Crippen LogP contribution in [0.3, 0.4) is 0 Å². The summed E-state index contributed by atoms with van der Waals surface area (Å²) in [5.74, 6) is -2.43. The number of aliphatic carboxylic acids is 2. The molecule has 10 nitrogen and oxygen atoms in total. The maximum Gasteiger partial charge on any atom is 0.408 e. The summed E-state index contributed by atoms with van der Waals surface area (Å²) in [5.41, 5.74) is 0.764. The van der Waals surface area contributed by atoms with Crippen molar-refractivity contribution >= 4 is 24.1 Å². The molecule has 1 aromatic rings. The Hall–Kier alpha value is -3.30. The summed E-state index contributed by atoms with van der Waals surface area (Å²) >= 11 is 0. The maximum absolute atomic E-state index is 11.4. The number of carboxylic acids is 2. The zero-order valence-electron chi connectivity index (χ0n) is 13.8. The largest absolute Gasteiger partial charge is 0.481 e. The highest BCUT2D eigenvalue weighted by Crippen LogP contribution is 2.02. The Balaban J connectivity index is 0.000000472. The van der Waals surface area contributed by atoms with Gasteiger partial charge in [-0.1, -0.05) is 30.3 Å². The van der Waals surface area contributed by atoms with E-state index in [0.717, 1.165) is 5.56 Å². The predicted octanol–water partition coefficient (Wildman–Crippen LogP) is 0.957.